The highest BCUT2D eigenvalue weighted by Crippen LogP contribution is 2.62. The van der Waals surface area contributed by atoms with Crippen LogP contribution in [0.5, 0.6) is 5.75 Å². The first kappa shape index (κ1) is 44.2. The number of carbonyl (C=O) groups excluding carboxylic acids is 1. The average molecular weight is 812 g/mol. The molecule has 6 atom stereocenters. The number of benzene rings is 1. The summed E-state index contributed by atoms with van der Waals surface area (Å²) in [6.07, 6.45) is -13.2. The van der Waals surface area contributed by atoms with Gasteiger partial charge in [-0.1, -0.05) is 25.8 Å². The molecule has 4 rings (SSSR count). The van der Waals surface area contributed by atoms with Crippen molar-refractivity contribution < 1.29 is 63.6 Å². The molecule has 1 aromatic carbocycles. The molecule has 2 fully saturated rings. The zero-order valence-corrected chi connectivity index (χ0v) is 31.5. The number of carbonyl (C=O) groups is 1. The van der Waals surface area contributed by atoms with Crippen LogP contribution in [0.25, 0.3) is 0 Å². The number of aliphatic hydroxyl groups is 1. The molecule has 0 radical (unpaired) electrons. The number of amides is 1. The third kappa shape index (κ3) is 9.53. The Bertz CT molecular complexity index is 1310. The van der Waals surface area contributed by atoms with Crippen LogP contribution in [0.15, 0.2) is 18.2 Å². The lowest BCUT2D eigenvalue weighted by atomic mass is 9.55. The minimum atomic E-state index is -6.76. The SMILES string of the molecule is C[C@]12CC[C@@H]3c4ccc(OC(=O)N(CCCCCCO)C(CS)CCS)cc4CCC3[C@@H]1CC[C@@H]2OCCCOC(C(F)(F)F)(C(F)(F)F)C(F)(F)F. The fourth-order valence-electron chi connectivity index (χ4n) is 8.91. The third-order valence-corrected chi connectivity index (χ3v) is 12.3. The second-order valence-electron chi connectivity index (χ2n) is 14.7. The van der Waals surface area contributed by atoms with Gasteiger partial charge in [0.05, 0.1) is 12.7 Å². The molecule has 0 heterocycles. The summed E-state index contributed by atoms with van der Waals surface area (Å²) in [7, 11) is 0. The van der Waals surface area contributed by atoms with Gasteiger partial charge in [0.2, 0.25) is 0 Å². The van der Waals surface area contributed by atoms with Crippen molar-refractivity contribution in [2.45, 2.75) is 126 Å². The first-order chi connectivity index (χ1) is 24.9. The van der Waals surface area contributed by atoms with E-state index >= 15 is 0 Å². The first-order valence-corrected chi connectivity index (χ1v) is 19.5. The lowest BCUT2D eigenvalue weighted by Gasteiger charge is -2.50. The molecule has 0 bridgehead atoms. The number of hydrogen-bond donors (Lipinski definition) is 3. The Hall–Kier alpha value is -1.56. The number of rotatable bonds is 17. The molecule has 1 amide bonds. The molecule has 0 aromatic heterocycles. The van der Waals surface area contributed by atoms with Gasteiger partial charge in [-0.05, 0) is 116 Å². The molecule has 1 N–H and O–H groups in total. The van der Waals surface area contributed by atoms with Crippen molar-refractivity contribution >= 4 is 31.4 Å². The van der Waals surface area contributed by atoms with Gasteiger partial charge in [0, 0.05) is 31.6 Å². The summed E-state index contributed by atoms with van der Waals surface area (Å²) in [5.41, 5.74) is -4.30. The lowest BCUT2D eigenvalue weighted by Crippen LogP contribution is -2.67. The number of alkyl halides is 9. The van der Waals surface area contributed by atoms with Crippen molar-refractivity contribution in [1.82, 2.24) is 4.90 Å². The second-order valence-corrected chi connectivity index (χ2v) is 15.5. The second kappa shape index (κ2) is 18.1. The van der Waals surface area contributed by atoms with E-state index in [1.165, 1.54) is 5.56 Å². The molecule has 3 aliphatic carbocycles. The maximum absolute atomic E-state index is 13.4. The van der Waals surface area contributed by atoms with Crippen molar-refractivity contribution in [3.8, 4) is 5.75 Å². The van der Waals surface area contributed by atoms with Gasteiger partial charge in [-0.3, -0.25) is 0 Å². The molecule has 0 aliphatic heterocycles. The summed E-state index contributed by atoms with van der Waals surface area (Å²) >= 11 is 8.81. The number of unbranched alkanes of at least 4 members (excludes halogenated alkanes) is 3. The van der Waals surface area contributed by atoms with E-state index in [-0.39, 0.29) is 42.6 Å². The standard InChI is InChI=1S/C36H50F9NO5S2/c1-32-15-13-27-26-10-8-25(51-31(48)46(24(22-53)14-20-52)16-4-2-3-5-17-47)21-23(26)7-9-28(27)29(32)11-12-30(32)49-18-6-19-50-33(34(37,38)39,35(40,41)42)36(43,44)45/h8,10,21,24,27-30,47,52-53H,2-7,9,11-20,22H2,1H3/t24?,27-,28?,29+,30+,32+/m1/s1. The van der Waals surface area contributed by atoms with Gasteiger partial charge in [0.1, 0.15) is 5.75 Å². The molecule has 2 unspecified atom stereocenters. The minimum absolute atomic E-state index is 0.133. The van der Waals surface area contributed by atoms with Crippen LogP contribution in [-0.2, 0) is 15.9 Å². The number of hydrogen-bond acceptors (Lipinski definition) is 7. The van der Waals surface area contributed by atoms with Crippen molar-refractivity contribution in [1.29, 1.82) is 0 Å². The van der Waals surface area contributed by atoms with E-state index < -0.39 is 43.3 Å². The quantitative estimate of drug-likeness (QED) is 0.0831. The first-order valence-electron chi connectivity index (χ1n) is 18.3. The summed E-state index contributed by atoms with van der Waals surface area (Å²) in [5, 5.41) is 9.06. The molecule has 17 heteroatoms. The van der Waals surface area contributed by atoms with E-state index in [2.05, 4.69) is 36.9 Å². The molecule has 2 saturated carbocycles. The Morgan fingerprint density at radius 2 is 1.60 bits per heavy atom. The number of aliphatic hydroxyl groups excluding tert-OH is 1. The fraction of sp³-hybridized carbons (Fsp3) is 0.806. The predicted molar refractivity (Wildman–Crippen MR) is 187 cm³/mol. The number of aryl methyl sites for hydroxylation is 1. The smallest absolute Gasteiger partial charge is 0.410 e. The zero-order chi connectivity index (χ0) is 39.2. The Labute approximate surface area is 315 Å². The van der Waals surface area contributed by atoms with E-state index in [0.717, 1.165) is 56.9 Å². The Morgan fingerprint density at radius 1 is 0.925 bits per heavy atom. The molecule has 6 nitrogen and oxygen atoms in total. The number of thiol groups is 2. The van der Waals surface area contributed by atoms with E-state index in [0.29, 0.717) is 49.0 Å². The van der Waals surface area contributed by atoms with E-state index in [1.54, 1.807) is 4.90 Å². The molecule has 0 saturated heterocycles. The Balaban J connectivity index is 1.36. The van der Waals surface area contributed by atoms with E-state index in [9.17, 15) is 44.3 Å². The van der Waals surface area contributed by atoms with Gasteiger partial charge in [0.25, 0.3) is 0 Å². The highest BCUT2D eigenvalue weighted by molar-refractivity contribution is 7.80. The summed E-state index contributed by atoms with van der Waals surface area (Å²) < 4.78 is 134. The largest absolute Gasteiger partial charge is 0.435 e. The fourth-order valence-corrected chi connectivity index (χ4v) is 9.59. The normalized spacial score (nSPS) is 25.4. The number of ether oxygens (including phenoxy) is 3. The maximum atomic E-state index is 13.4. The molecule has 0 spiro atoms. The Kier molecular flexibility index (Phi) is 15.1. The van der Waals surface area contributed by atoms with Crippen LogP contribution in [0.1, 0.15) is 94.6 Å². The lowest BCUT2D eigenvalue weighted by molar-refractivity contribution is -0.457. The third-order valence-electron chi connectivity index (χ3n) is 11.6. The van der Waals surface area contributed by atoms with Crippen LogP contribution in [0.2, 0.25) is 0 Å². The predicted octanol–water partition coefficient (Wildman–Crippen LogP) is 9.73. The zero-order valence-electron chi connectivity index (χ0n) is 29.7. The highest BCUT2D eigenvalue weighted by Gasteiger charge is 2.85. The van der Waals surface area contributed by atoms with Crippen molar-refractivity contribution in [2.75, 3.05) is 37.9 Å². The van der Waals surface area contributed by atoms with Gasteiger partial charge in [-0.2, -0.15) is 64.8 Å². The van der Waals surface area contributed by atoms with Crippen LogP contribution in [0.4, 0.5) is 44.3 Å². The summed E-state index contributed by atoms with van der Waals surface area (Å²) in [5.74, 6) is 2.29. The average Bonchev–Trinajstić information content (AvgIpc) is 3.41. The topological polar surface area (TPSA) is 68.2 Å². The van der Waals surface area contributed by atoms with Gasteiger partial charge >= 0.3 is 30.2 Å². The number of halogens is 9. The van der Waals surface area contributed by atoms with E-state index in [1.807, 2.05) is 18.2 Å². The summed E-state index contributed by atoms with van der Waals surface area (Å²) in [4.78, 5) is 15.1. The van der Waals surface area contributed by atoms with Gasteiger partial charge < -0.3 is 24.2 Å². The molecule has 304 valence electrons. The molecule has 1 aromatic rings. The highest BCUT2D eigenvalue weighted by atomic mass is 32.1. The van der Waals surface area contributed by atoms with Crippen LogP contribution in [0.3, 0.4) is 0 Å². The monoisotopic (exact) mass is 811 g/mol. The van der Waals surface area contributed by atoms with E-state index in [4.69, 9.17) is 14.6 Å². The molecular weight excluding hydrogens is 762 g/mol. The van der Waals surface area contributed by atoms with Gasteiger partial charge in [-0.15, -0.1) is 0 Å². The van der Waals surface area contributed by atoms with Crippen LogP contribution in [-0.4, -0.2) is 90.2 Å². The van der Waals surface area contributed by atoms with Crippen LogP contribution < -0.4 is 4.74 Å². The number of nitrogens with zero attached hydrogens (tertiary/aromatic N) is 1. The number of fused-ring (bicyclic) bond motifs is 5. The van der Waals surface area contributed by atoms with Crippen LogP contribution >= 0.6 is 25.3 Å². The maximum Gasteiger partial charge on any atom is 0.435 e. The minimum Gasteiger partial charge on any atom is -0.410 e. The Morgan fingerprint density at radius 3 is 2.23 bits per heavy atom. The molecular formula is C36H50F9NO5S2. The molecule has 3 aliphatic rings. The molecule has 53 heavy (non-hydrogen) atoms. The van der Waals surface area contributed by atoms with Crippen molar-refractivity contribution in [3.05, 3.63) is 29.3 Å². The van der Waals surface area contributed by atoms with Crippen molar-refractivity contribution in [3.63, 3.8) is 0 Å². The summed E-state index contributed by atoms with van der Waals surface area (Å²) in [6.45, 7) is 0.921. The summed E-state index contributed by atoms with van der Waals surface area (Å²) in [6, 6.07) is 5.63. The van der Waals surface area contributed by atoms with Gasteiger partial charge in [-0.25, -0.2) is 4.79 Å². The van der Waals surface area contributed by atoms with Gasteiger partial charge in [0.15, 0.2) is 0 Å². The van der Waals surface area contributed by atoms with Crippen molar-refractivity contribution in [2.24, 2.45) is 17.3 Å². The van der Waals surface area contributed by atoms with Crippen LogP contribution in [0, 0.1) is 17.3 Å².